The summed E-state index contributed by atoms with van der Waals surface area (Å²) >= 11 is 0. The standard InChI is InChI=1S/C70H58N2/c1-7-9-25-53-46-71(56(26-10-8-2)45-69(53,3)4)54-37-39-60-61(43-54)67(52-36-35-50-41-49(33-34-51(50)42-52)47-21-12-11-13-22-47)59-40-38-55(44-62(59)68(60)58-28-20-24-48-23-14-15-27-57(48)58)72-65-31-18-16-29-63(65)70(5,6)64-30-17-19-32-66(64)72/h7-36,38-46,54H,1-2,37H2,3-6H3/b25-9-,26-10-. The van der Waals surface area contributed by atoms with Gasteiger partial charge >= 0.3 is 0 Å². The van der Waals surface area contributed by atoms with Gasteiger partial charge in [-0.05, 0) is 142 Å². The van der Waals surface area contributed by atoms with Gasteiger partial charge in [0.2, 0.25) is 0 Å². The first-order chi connectivity index (χ1) is 35.1. The van der Waals surface area contributed by atoms with E-state index in [0.29, 0.717) is 0 Å². The van der Waals surface area contributed by atoms with Crippen LogP contribution >= 0.6 is 0 Å². The van der Waals surface area contributed by atoms with Gasteiger partial charge in [0.1, 0.15) is 0 Å². The molecule has 12 rings (SSSR count). The summed E-state index contributed by atoms with van der Waals surface area (Å²) in [6.45, 7) is 17.4. The van der Waals surface area contributed by atoms with Crippen LogP contribution in [0.5, 0.6) is 0 Å². The van der Waals surface area contributed by atoms with Gasteiger partial charge in [-0.25, -0.2) is 0 Å². The van der Waals surface area contributed by atoms with Gasteiger partial charge in [0.15, 0.2) is 0 Å². The van der Waals surface area contributed by atoms with Crippen LogP contribution in [-0.4, -0.2) is 10.9 Å². The lowest BCUT2D eigenvalue weighted by molar-refractivity contribution is 0.388. The van der Waals surface area contributed by atoms with Crippen molar-refractivity contribution in [3.05, 3.63) is 271 Å². The average Bonchev–Trinajstić information content (AvgIpc) is 3.41. The Morgan fingerprint density at radius 2 is 1.18 bits per heavy atom. The van der Waals surface area contributed by atoms with Crippen molar-refractivity contribution < 1.29 is 0 Å². The Morgan fingerprint density at radius 3 is 1.93 bits per heavy atom. The summed E-state index contributed by atoms with van der Waals surface area (Å²) in [7, 11) is 0. The van der Waals surface area contributed by atoms with Gasteiger partial charge in [0, 0.05) is 28.4 Å². The van der Waals surface area contributed by atoms with Gasteiger partial charge in [-0.3, -0.25) is 0 Å². The van der Waals surface area contributed by atoms with Crippen LogP contribution in [0.3, 0.4) is 0 Å². The molecule has 0 fully saturated rings. The summed E-state index contributed by atoms with van der Waals surface area (Å²) in [6.07, 6.45) is 22.9. The molecule has 2 heterocycles. The Balaban J connectivity index is 1.17. The highest BCUT2D eigenvalue weighted by Crippen LogP contribution is 2.52. The Kier molecular flexibility index (Phi) is 11.0. The van der Waals surface area contributed by atoms with Gasteiger partial charge in [0.25, 0.3) is 0 Å². The highest BCUT2D eigenvalue weighted by atomic mass is 15.2. The maximum absolute atomic E-state index is 4.06. The number of nitrogens with zero attached hydrogens (tertiary/aromatic N) is 2. The minimum Gasteiger partial charge on any atom is -0.341 e. The van der Waals surface area contributed by atoms with Gasteiger partial charge in [-0.1, -0.05) is 229 Å². The van der Waals surface area contributed by atoms with E-state index in [9.17, 15) is 0 Å². The molecule has 0 spiro atoms. The van der Waals surface area contributed by atoms with Crippen LogP contribution < -0.4 is 15.3 Å². The van der Waals surface area contributed by atoms with Crippen molar-refractivity contribution in [1.82, 2.24) is 4.90 Å². The lowest BCUT2D eigenvalue weighted by Gasteiger charge is -2.42. The summed E-state index contributed by atoms with van der Waals surface area (Å²) < 4.78 is 0. The Morgan fingerprint density at radius 1 is 0.528 bits per heavy atom. The van der Waals surface area contributed by atoms with E-state index in [2.05, 4.69) is 275 Å². The molecule has 2 heteroatoms. The van der Waals surface area contributed by atoms with E-state index in [0.717, 1.165) is 17.8 Å². The zero-order valence-electron chi connectivity index (χ0n) is 41.6. The van der Waals surface area contributed by atoms with Gasteiger partial charge in [-0.2, -0.15) is 0 Å². The molecule has 0 radical (unpaired) electrons. The molecule has 9 aromatic carbocycles. The lowest BCUT2D eigenvalue weighted by Crippen LogP contribution is -2.41. The Bertz CT molecular complexity index is 3890. The molecule has 9 aromatic rings. The number of fused-ring (bicyclic) bond motifs is 6. The fourth-order valence-corrected chi connectivity index (χ4v) is 11.9. The van der Waals surface area contributed by atoms with Crippen LogP contribution in [0.15, 0.2) is 249 Å². The van der Waals surface area contributed by atoms with Crippen molar-refractivity contribution in [2.45, 2.75) is 45.6 Å². The summed E-state index contributed by atoms with van der Waals surface area (Å²) in [5.74, 6) is 0. The smallest absolute Gasteiger partial charge is 0.0560 e. The average molecular weight is 927 g/mol. The van der Waals surface area contributed by atoms with Gasteiger partial charge in [0.05, 0.1) is 17.4 Å². The SMILES string of the molecule is C=C/C=C\C1=CC(C)(C)C(/C=C\C=C)=CN1C1C=c2c(-c3ccc4cc(-c5ccccc5)ccc4c3)c3ccc(N4c5ccccc5C(C)(C)c5ccccc54)cc3c(-c3cccc4ccccc34)c2=CC1. The number of hydrogen-bond donors (Lipinski definition) is 0. The fraction of sp³-hybridized carbons (Fsp3) is 0.114. The fourth-order valence-electron chi connectivity index (χ4n) is 11.9. The summed E-state index contributed by atoms with van der Waals surface area (Å²) in [5, 5.41) is 9.86. The summed E-state index contributed by atoms with van der Waals surface area (Å²) in [4.78, 5) is 4.97. The maximum atomic E-state index is 4.06. The predicted molar refractivity (Wildman–Crippen MR) is 309 cm³/mol. The van der Waals surface area contributed by atoms with E-state index in [1.807, 2.05) is 12.2 Å². The maximum Gasteiger partial charge on any atom is 0.0560 e. The minimum atomic E-state index is -0.190. The van der Waals surface area contributed by atoms with Crippen LogP contribution in [0, 0.1) is 5.41 Å². The number of allylic oxidation sites excluding steroid dienone is 8. The predicted octanol–water partition coefficient (Wildman–Crippen LogP) is 17.2. The summed E-state index contributed by atoms with van der Waals surface area (Å²) in [5.41, 5.74) is 15.6. The third-order valence-electron chi connectivity index (χ3n) is 15.5. The molecule has 1 atom stereocenters. The van der Waals surface area contributed by atoms with Crippen molar-refractivity contribution in [2.75, 3.05) is 4.90 Å². The molecule has 72 heavy (non-hydrogen) atoms. The third-order valence-corrected chi connectivity index (χ3v) is 15.5. The molecular weight excluding hydrogens is 869 g/mol. The van der Waals surface area contributed by atoms with Crippen molar-refractivity contribution >= 4 is 61.5 Å². The lowest BCUT2D eigenvalue weighted by atomic mass is 9.73. The molecule has 0 saturated carbocycles. The van der Waals surface area contributed by atoms with E-state index in [4.69, 9.17) is 0 Å². The topological polar surface area (TPSA) is 6.48 Å². The quantitative estimate of drug-likeness (QED) is 0.133. The molecule has 0 N–H and O–H groups in total. The van der Waals surface area contributed by atoms with E-state index in [1.165, 1.54) is 104 Å². The van der Waals surface area contributed by atoms with E-state index in [-0.39, 0.29) is 16.9 Å². The van der Waals surface area contributed by atoms with Crippen molar-refractivity contribution in [2.24, 2.45) is 5.41 Å². The first-order valence-electron chi connectivity index (χ1n) is 25.3. The summed E-state index contributed by atoms with van der Waals surface area (Å²) in [6, 6.07) is 65.6. The molecule has 2 nitrogen and oxygen atoms in total. The van der Waals surface area contributed by atoms with E-state index in [1.54, 1.807) is 0 Å². The van der Waals surface area contributed by atoms with Crippen LogP contribution in [-0.2, 0) is 5.41 Å². The zero-order valence-corrected chi connectivity index (χ0v) is 41.6. The molecule has 3 aliphatic rings. The number of anilines is 3. The largest absolute Gasteiger partial charge is 0.341 e. The Hall–Kier alpha value is -8.46. The number of hydrogen-bond acceptors (Lipinski definition) is 2. The second kappa shape index (κ2) is 17.7. The first kappa shape index (κ1) is 44.7. The minimum absolute atomic E-state index is 0.0240. The van der Waals surface area contributed by atoms with Gasteiger partial charge < -0.3 is 9.80 Å². The molecule has 2 aliphatic heterocycles. The van der Waals surface area contributed by atoms with Crippen molar-refractivity contribution in [3.63, 3.8) is 0 Å². The molecular formula is C70H58N2. The number of benzene rings is 9. The number of rotatable bonds is 9. The van der Waals surface area contributed by atoms with Gasteiger partial charge in [-0.15, -0.1) is 0 Å². The molecule has 0 amide bonds. The second-order valence-corrected chi connectivity index (χ2v) is 20.6. The molecule has 0 bridgehead atoms. The number of para-hydroxylation sites is 2. The van der Waals surface area contributed by atoms with E-state index < -0.39 is 0 Å². The highest BCUT2D eigenvalue weighted by molar-refractivity contribution is 6.12. The zero-order chi connectivity index (χ0) is 49.1. The van der Waals surface area contributed by atoms with Crippen LogP contribution in [0.2, 0.25) is 0 Å². The van der Waals surface area contributed by atoms with Crippen LogP contribution in [0.4, 0.5) is 17.1 Å². The highest BCUT2D eigenvalue weighted by Gasteiger charge is 2.37. The monoisotopic (exact) mass is 926 g/mol. The van der Waals surface area contributed by atoms with Crippen LogP contribution in [0.25, 0.3) is 77.9 Å². The van der Waals surface area contributed by atoms with Crippen LogP contribution in [0.1, 0.15) is 45.2 Å². The van der Waals surface area contributed by atoms with Crippen molar-refractivity contribution in [3.8, 4) is 33.4 Å². The molecule has 1 unspecified atom stereocenters. The molecule has 0 aromatic heterocycles. The molecule has 0 saturated heterocycles. The first-order valence-corrected chi connectivity index (χ1v) is 25.3. The normalized spacial score (nSPS) is 16.7. The third kappa shape index (κ3) is 7.49. The molecule has 348 valence electrons. The van der Waals surface area contributed by atoms with Crippen molar-refractivity contribution in [1.29, 1.82) is 0 Å². The van der Waals surface area contributed by atoms with E-state index >= 15 is 0 Å². The second-order valence-electron chi connectivity index (χ2n) is 20.6. The molecule has 1 aliphatic carbocycles. The Labute approximate surface area is 424 Å².